The van der Waals surface area contributed by atoms with Gasteiger partial charge in [-0.05, 0) is 54.8 Å². The molecule has 0 heterocycles. The second-order valence-electron chi connectivity index (χ2n) is 6.32. The van der Waals surface area contributed by atoms with E-state index in [9.17, 15) is 0 Å². The van der Waals surface area contributed by atoms with Gasteiger partial charge in [0.25, 0.3) is 0 Å². The van der Waals surface area contributed by atoms with Crippen LogP contribution in [-0.2, 0) is 12.8 Å². The Morgan fingerprint density at radius 3 is 2.37 bits per heavy atom. The molecule has 0 bridgehead atoms. The van der Waals surface area contributed by atoms with E-state index in [1.54, 1.807) is 5.56 Å². The average Bonchev–Trinajstić information content (AvgIpc) is 2.87. The lowest BCUT2D eigenvalue weighted by Crippen LogP contribution is -2.33. The summed E-state index contributed by atoms with van der Waals surface area (Å²) in [4.78, 5) is 0. The van der Waals surface area contributed by atoms with E-state index in [1.165, 1.54) is 36.8 Å². The van der Waals surface area contributed by atoms with Crippen molar-refractivity contribution in [2.45, 2.75) is 65.3 Å². The Bertz CT molecular complexity index is 416. The molecular formula is C18H29N. The number of aryl methyl sites for hydroxylation is 2. The maximum Gasteiger partial charge on any atom is 0.0374 e. The average molecular weight is 259 g/mol. The number of hydrogen-bond donors (Lipinski definition) is 1. The summed E-state index contributed by atoms with van der Waals surface area (Å²) in [6.07, 6.45) is 7.76. The van der Waals surface area contributed by atoms with Crippen molar-refractivity contribution in [1.29, 1.82) is 0 Å². The van der Waals surface area contributed by atoms with Gasteiger partial charge in [-0.3, -0.25) is 0 Å². The van der Waals surface area contributed by atoms with E-state index >= 15 is 0 Å². The largest absolute Gasteiger partial charge is 0.313 e. The summed E-state index contributed by atoms with van der Waals surface area (Å²) >= 11 is 0. The summed E-state index contributed by atoms with van der Waals surface area (Å²) < 4.78 is 0. The maximum atomic E-state index is 3.63. The molecule has 1 aliphatic carbocycles. The van der Waals surface area contributed by atoms with E-state index in [0.717, 1.165) is 12.8 Å². The molecule has 1 unspecified atom stereocenters. The maximum absolute atomic E-state index is 3.63. The van der Waals surface area contributed by atoms with Crippen molar-refractivity contribution in [3.63, 3.8) is 0 Å². The smallest absolute Gasteiger partial charge is 0.0374 e. The first-order chi connectivity index (χ1) is 9.14. The van der Waals surface area contributed by atoms with Gasteiger partial charge in [-0.25, -0.2) is 0 Å². The highest BCUT2D eigenvalue weighted by Crippen LogP contribution is 2.47. The zero-order chi connectivity index (χ0) is 13.9. The molecule has 0 saturated heterocycles. The third-order valence-corrected chi connectivity index (χ3v) is 5.04. The second kappa shape index (κ2) is 6.09. The number of nitrogens with one attached hydrogen (secondary N) is 1. The molecule has 0 spiro atoms. The second-order valence-corrected chi connectivity index (χ2v) is 6.32. The molecule has 0 amide bonds. The summed E-state index contributed by atoms with van der Waals surface area (Å²) in [6, 6.07) is 7.60. The van der Waals surface area contributed by atoms with E-state index in [4.69, 9.17) is 0 Å². The number of hydrogen-bond acceptors (Lipinski definition) is 1. The topological polar surface area (TPSA) is 12.0 Å². The quantitative estimate of drug-likeness (QED) is 0.811. The van der Waals surface area contributed by atoms with Crippen LogP contribution in [0.4, 0.5) is 0 Å². The molecule has 0 aromatic heterocycles. The summed E-state index contributed by atoms with van der Waals surface area (Å²) in [6.45, 7) is 6.99. The zero-order valence-electron chi connectivity index (χ0n) is 13.1. The fraction of sp³-hybridized carbons (Fsp3) is 0.667. The molecule has 1 atom stereocenters. The molecule has 1 aromatic rings. The van der Waals surface area contributed by atoms with Crippen LogP contribution in [-0.4, -0.2) is 7.05 Å². The van der Waals surface area contributed by atoms with Crippen LogP contribution in [0.25, 0.3) is 0 Å². The van der Waals surface area contributed by atoms with Crippen LogP contribution in [0.5, 0.6) is 0 Å². The predicted molar refractivity (Wildman–Crippen MR) is 83.6 cm³/mol. The molecule has 1 N–H and O–H groups in total. The molecule has 1 heteroatoms. The summed E-state index contributed by atoms with van der Waals surface area (Å²) in [5, 5.41) is 3.63. The fourth-order valence-corrected chi connectivity index (χ4v) is 3.81. The Kier molecular flexibility index (Phi) is 4.67. The first kappa shape index (κ1) is 14.6. The van der Waals surface area contributed by atoms with Crippen LogP contribution < -0.4 is 5.32 Å². The monoisotopic (exact) mass is 259 g/mol. The van der Waals surface area contributed by atoms with Gasteiger partial charge < -0.3 is 5.32 Å². The summed E-state index contributed by atoms with van der Waals surface area (Å²) in [5.74, 6) is 0. The van der Waals surface area contributed by atoms with Crippen molar-refractivity contribution < 1.29 is 0 Å². The minimum atomic E-state index is 0.436. The zero-order valence-corrected chi connectivity index (χ0v) is 13.1. The molecule has 0 aliphatic heterocycles. The van der Waals surface area contributed by atoms with Gasteiger partial charge in [0.15, 0.2) is 0 Å². The first-order valence-corrected chi connectivity index (χ1v) is 7.93. The van der Waals surface area contributed by atoms with Gasteiger partial charge in [-0.15, -0.1) is 0 Å². The number of rotatable bonds is 5. The standard InChI is InChI=1S/C18H29N/c1-5-14-9-10-15(6-2)16(13-14)17(19-4)18(3)11-7-8-12-18/h9-10,13,17,19H,5-8,11-12H2,1-4H3. The molecule has 1 fully saturated rings. The van der Waals surface area contributed by atoms with Gasteiger partial charge in [0.1, 0.15) is 0 Å². The Hall–Kier alpha value is -0.820. The lowest BCUT2D eigenvalue weighted by molar-refractivity contribution is 0.232. The highest BCUT2D eigenvalue weighted by atomic mass is 14.9. The van der Waals surface area contributed by atoms with Crippen molar-refractivity contribution in [2.24, 2.45) is 5.41 Å². The lowest BCUT2D eigenvalue weighted by atomic mass is 9.75. The van der Waals surface area contributed by atoms with Gasteiger partial charge in [0, 0.05) is 6.04 Å². The third kappa shape index (κ3) is 2.86. The van der Waals surface area contributed by atoms with Gasteiger partial charge in [0.05, 0.1) is 0 Å². The van der Waals surface area contributed by atoms with Crippen molar-refractivity contribution in [2.75, 3.05) is 7.05 Å². The molecule has 19 heavy (non-hydrogen) atoms. The molecule has 1 saturated carbocycles. The minimum absolute atomic E-state index is 0.436. The van der Waals surface area contributed by atoms with Gasteiger partial charge in [-0.2, -0.15) is 0 Å². The van der Waals surface area contributed by atoms with E-state index in [2.05, 4.69) is 51.3 Å². The molecule has 106 valence electrons. The summed E-state index contributed by atoms with van der Waals surface area (Å²) in [5.41, 5.74) is 4.97. The SMILES string of the molecule is CCc1ccc(CC)c(C(NC)C2(C)CCCC2)c1. The van der Waals surface area contributed by atoms with Crippen molar-refractivity contribution in [3.8, 4) is 0 Å². The van der Waals surface area contributed by atoms with Crippen molar-refractivity contribution in [1.82, 2.24) is 5.32 Å². The molecular weight excluding hydrogens is 230 g/mol. The fourth-order valence-electron chi connectivity index (χ4n) is 3.81. The van der Waals surface area contributed by atoms with Crippen molar-refractivity contribution >= 4 is 0 Å². The van der Waals surface area contributed by atoms with E-state index in [1.807, 2.05) is 0 Å². The molecule has 0 radical (unpaired) electrons. The van der Waals surface area contributed by atoms with Gasteiger partial charge in [-0.1, -0.05) is 51.8 Å². The Morgan fingerprint density at radius 2 is 1.84 bits per heavy atom. The number of benzene rings is 1. The van der Waals surface area contributed by atoms with Gasteiger partial charge >= 0.3 is 0 Å². The van der Waals surface area contributed by atoms with E-state index in [-0.39, 0.29) is 0 Å². The van der Waals surface area contributed by atoms with Crippen LogP contribution in [0, 0.1) is 5.41 Å². The van der Waals surface area contributed by atoms with Crippen LogP contribution in [0.1, 0.15) is 69.2 Å². The molecule has 1 aromatic carbocycles. The van der Waals surface area contributed by atoms with Gasteiger partial charge in [0.2, 0.25) is 0 Å². The predicted octanol–water partition coefficient (Wildman–Crippen LogP) is 4.65. The molecule has 1 nitrogen and oxygen atoms in total. The van der Waals surface area contributed by atoms with Crippen molar-refractivity contribution in [3.05, 3.63) is 34.9 Å². The lowest BCUT2D eigenvalue weighted by Gasteiger charge is -2.36. The summed E-state index contributed by atoms with van der Waals surface area (Å²) in [7, 11) is 2.13. The van der Waals surface area contributed by atoms with E-state index < -0.39 is 0 Å². The Morgan fingerprint density at radius 1 is 1.16 bits per heavy atom. The Labute approximate surface area is 118 Å². The molecule has 2 rings (SSSR count). The third-order valence-electron chi connectivity index (χ3n) is 5.04. The normalized spacial score (nSPS) is 19.6. The van der Waals surface area contributed by atoms with Crippen LogP contribution in [0.2, 0.25) is 0 Å². The van der Waals surface area contributed by atoms with Crippen LogP contribution in [0.15, 0.2) is 18.2 Å². The first-order valence-electron chi connectivity index (χ1n) is 7.93. The highest BCUT2D eigenvalue weighted by molar-refractivity contribution is 5.36. The Balaban J connectivity index is 2.41. The van der Waals surface area contributed by atoms with E-state index in [0.29, 0.717) is 11.5 Å². The molecule has 1 aliphatic rings. The highest BCUT2D eigenvalue weighted by Gasteiger charge is 2.37. The minimum Gasteiger partial charge on any atom is -0.313 e. The van der Waals surface area contributed by atoms with Crippen LogP contribution >= 0.6 is 0 Å². The van der Waals surface area contributed by atoms with Crippen LogP contribution in [0.3, 0.4) is 0 Å².